The second kappa shape index (κ2) is 5.92. The molecule has 3 nitrogen and oxygen atoms in total. The molecule has 0 spiro atoms. The number of ether oxygens (including phenoxy) is 1. The van der Waals surface area contributed by atoms with Gasteiger partial charge in [-0.25, -0.2) is 4.79 Å². The van der Waals surface area contributed by atoms with E-state index in [1.807, 2.05) is 18.2 Å². The standard InChI is InChI=1S/C18H23NO2/c1-13-11-19(12-14-6-4-3-5-7-14)17-10-15(18(20)21-2)8-9-16(13)17/h8-11,14H,3-7,12H2,1-2H3. The molecule has 0 amide bonds. The van der Waals surface area contributed by atoms with E-state index in [4.69, 9.17) is 4.74 Å². The van der Waals surface area contributed by atoms with Crippen LogP contribution < -0.4 is 0 Å². The quantitative estimate of drug-likeness (QED) is 0.787. The van der Waals surface area contributed by atoms with Crippen LogP contribution in [-0.4, -0.2) is 17.6 Å². The van der Waals surface area contributed by atoms with E-state index in [9.17, 15) is 4.79 Å². The number of methoxy groups -OCH3 is 1. The Morgan fingerprint density at radius 2 is 2.05 bits per heavy atom. The lowest BCUT2D eigenvalue weighted by molar-refractivity contribution is 0.0601. The van der Waals surface area contributed by atoms with E-state index in [0.717, 1.165) is 18.0 Å². The van der Waals surface area contributed by atoms with Crippen molar-refractivity contribution in [3.05, 3.63) is 35.5 Å². The van der Waals surface area contributed by atoms with Crippen molar-refractivity contribution in [1.29, 1.82) is 0 Å². The molecule has 1 saturated carbocycles. The molecule has 0 atom stereocenters. The first-order chi connectivity index (χ1) is 10.2. The number of esters is 1. The van der Waals surface area contributed by atoms with Gasteiger partial charge in [-0.05, 0) is 43.4 Å². The molecule has 0 radical (unpaired) electrons. The third-order valence-electron chi connectivity index (χ3n) is 4.68. The van der Waals surface area contributed by atoms with Crippen molar-refractivity contribution >= 4 is 16.9 Å². The average Bonchev–Trinajstić information content (AvgIpc) is 2.83. The molecule has 3 rings (SSSR count). The summed E-state index contributed by atoms with van der Waals surface area (Å²) in [6.07, 6.45) is 8.98. The summed E-state index contributed by atoms with van der Waals surface area (Å²) in [5.74, 6) is 0.510. The second-order valence-electron chi connectivity index (χ2n) is 6.19. The van der Waals surface area contributed by atoms with E-state index >= 15 is 0 Å². The summed E-state index contributed by atoms with van der Waals surface area (Å²) in [4.78, 5) is 11.7. The Hall–Kier alpha value is -1.77. The Kier molecular flexibility index (Phi) is 4.00. The number of rotatable bonds is 3. The molecule has 0 saturated heterocycles. The summed E-state index contributed by atoms with van der Waals surface area (Å²) in [7, 11) is 1.43. The lowest BCUT2D eigenvalue weighted by Gasteiger charge is -2.22. The molecule has 0 unspecified atom stereocenters. The summed E-state index contributed by atoms with van der Waals surface area (Å²) in [6.45, 7) is 3.20. The van der Waals surface area contributed by atoms with E-state index in [0.29, 0.717) is 5.56 Å². The van der Waals surface area contributed by atoms with Gasteiger partial charge in [-0.15, -0.1) is 0 Å². The van der Waals surface area contributed by atoms with Gasteiger partial charge in [0.25, 0.3) is 0 Å². The van der Waals surface area contributed by atoms with Crippen LogP contribution in [0.4, 0.5) is 0 Å². The molecular formula is C18H23NO2. The summed E-state index contributed by atoms with van der Waals surface area (Å²) >= 11 is 0. The summed E-state index contributed by atoms with van der Waals surface area (Å²) in [5.41, 5.74) is 3.06. The highest BCUT2D eigenvalue weighted by atomic mass is 16.5. The first-order valence-electron chi connectivity index (χ1n) is 7.87. The fourth-order valence-corrected chi connectivity index (χ4v) is 3.52. The number of benzene rings is 1. The lowest BCUT2D eigenvalue weighted by Crippen LogP contribution is -2.13. The number of carbonyl (C=O) groups is 1. The molecule has 1 aromatic heterocycles. The molecule has 1 aliphatic rings. The fraction of sp³-hybridized carbons (Fsp3) is 0.500. The summed E-state index contributed by atoms with van der Waals surface area (Å²) < 4.78 is 7.16. The van der Waals surface area contributed by atoms with Gasteiger partial charge in [0.15, 0.2) is 0 Å². The number of hydrogen-bond acceptors (Lipinski definition) is 2. The number of hydrogen-bond donors (Lipinski definition) is 0. The summed E-state index contributed by atoms with van der Waals surface area (Å²) in [5, 5.41) is 1.23. The highest BCUT2D eigenvalue weighted by Crippen LogP contribution is 2.28. The van der Waals surface area contributed by atoms with Crippen LogP contribution >= 0.6 is 0 Å². The minimum Gasteiger partial charge on any atom is -0.465 e. The monoisotopic (exact) mass is 285 g/mol. The van der Waals surface area contributed by atoms with E-state index < -0.39 is 0 Å². The lowest BCUT2D eigenvalue weighted by atomic mass is 9.89. The Labute approximate surface area is 125 Å². The van der Waals surface area contributed by atoms with Crippen LogP contribution in [0.1, 0.15) is 48.0 Å². The van der Waals surface area contributed by atoms with Crippen molar-refractivity contribution in [1.82, 2.24) is 4.57 Å². The van der Waals surface area contributed by atoms with Crippen molar-refractivity contribution in [2.24, 2.45) is 5.92 Å². The first-order valence-corrected chi connectivity index (χ1v) is 7.87. The van der Waals surface area contributed by atoms with Crippen LogP contribution in [0.5, 0.6) is 0 Å². The van der Waals surface area contributed by atoms with Crippen molar-refractivity contribution in [2.45, 2.75) is 45.6 Å². The first kappa shape index (κ1) is 14.2. The zero-order valence-corrected chi connectivity index (χ0v) is 12.9. The minimum atomic E-state index is -0.264. The molecule has 0 aliphatic heterocycles. The van der Waals surface area contributed by atoms with Crippen LogP contribution in [0.3, 0.4) is 0 Å². The maximum absolute atomic E-state index is 11.7. The van der Waals surface area contributed by atoms with Gasteiger partial charge in [0, 0.05) is 23.6 Å². The third-order valence-corrected chi connectivity index (χ3v) is 4.68. The molecule has 2 aromatic rings. The van der Waals surface area contributed by atoms with Gasteiger partial charge in [0.1, 0.15) is 0 Å². The van der Waals surface area contributed by atoms with Crippen molar-refractivity contribution in [3.8, 4) is 0 Å². The zero-order chi connectivity index (χ0) is 14.8. The molecule has 21 heavy (non-hydrogen) atoms. The third kappa shape index (κ3) is 2.82. The molecule has 1 fully saturated rings. The second-order valence-corrected chi connectivity index (χ2v) is 6.19. The smallest absolute Gasteiger partial charge is 0.337 e. The Morgan fingerprint density at radius 1 is 1.29 bits per heavy atom. The number of fused-ring (bicyclic) bond motifs is 1. The average molecular weight is 285 g/mol. The van der Waals surface area contributed by atoms with E-state index in [2.05, 4.69) is 17.7 Å². The van der Waals surface area contributed by atoms with Gasteiger partial charge < -0.3 is 9.30 Å². The maximum Gasteiger partial charge on any atom is 0.337 e. The van der Waals surface area contributed by atoms with Crippen LogP contribution in [0.2, 0.25) is 0 Å². The highest BCUT2D eigenvalue weighted by molar-refractivity contribution is 5.95. The molecular weight excluding hydrogens is 262 g/mol. The van der Waals surface area contributed by atoms with Gasteiger partial charge in [0.05, 0.1) is 12.7 Å². The topological polar surface area (TPSA) is 31.2 Å². The van der Waals surface area contributed by atoms with Crippen LogP contribution in [-0.2, 0) is 11.3 Å². The Bertz CT molecular complexity index is 651. The number of carbonyl (C=O) groups excluding carboxylic acids is 1. The number of aryl methyl sites for hydroxylation is 1. The zero-order valence-electron chi connectivity index (χ0n) is 12.9. The van der Waals surface area contributed by atoms with Gasteiger partial charge >= 0.3 is 5.97 Å². The summed E-state index contributed by atoms with van der Waals surface area (Å²) in [6, 6.07) is 5.86. The Balaban J connectivity index is 1.95. The predicted molar refractivity (Wildman–Crippen MR) is 84.6 cm³/mol. The number of aromatic nitrogens is 1. The van der Waals surface area contributed by atoms with E-state index in [1.54, 1.807) is 0 Å². The predicted octanol–water partition coefficient (Wildman–Crippen LogP) is 4.32. The molecule has 0 N–H and O–H groups in total. The molecule has 1 heterocycles. The van der Waals surface area contributed by atoms with Crippen molar-refractivity contribution in [2.75, 3.05) is 7.11 Å². The fourth-order valence-electron chi connectivity index (χ4n) is 3.52. The molecule has 1 aromatic carbocycles. The van der Waals surface area contributed by atoms with E-state index in [1.165, 1.54) is 50.2 Å². The van der Waals surface area contributed by atoms with E-state index in [-0.39, 0.29) is 5.97 Å². The van der Waals surface area contributed by atoms with Gasteiger partial charge in [-0.2, -0.15) is 0 Å². The van der Waals surface area contributed by atoms with Gasteiger partial charge in [0.2, 0.25) is 0 Å². The van der Waals surface area contributed by atoms with Crippen LogP contribution in [0, 0.1) is 12.8 Å². The largest absolute Gasteiger partial charge is 0.465 e. The molecule has 112 valence electrons. The van der Waals surface area contributed by atoms with Crippen molar-refractivity contribution < 1.29 is 9.53 Å². The Morgan fingerprint density at radius 3 is 2.76 bits per heavy atom. The van der Waals surface area contributed by atoms with Crippen molar-refractivity contribution in [3.63, 3.8) is 0 Å². The van der Waals surface area contributed by atoms with Gasteiger partial charge in [-0.1, -0.05) is 25.3 Å². The number of nitrogens with zero attached hydrogens (tertiary/aromatic N) is 1. The normalized spacial score (nSPS) is 16.3. The molecule has 3 heteroatoms. The van der Waals surface area contributed by atoms with Crippen LogP contribution in [0.25, 0.3) is 10.9 Å². The van der Waals surface area contributed by atoms with Gasteiger partial charge in [-0.3, -0.25) is 0 Å². The minimum absolute atomic E-state index is 0.264. The molecule has 0 bridgehead atoms. The highest BCUT2D eigenvalue weighted by Gasteiger charge is 2.16. The maximum atomic E-state index is 11.7. The van der Waals surface area contributed by atoms with Crippen LogP contribution in [0.15, 0.2) is 24.4 Å². The molecule has 1 aliphatic carbocycles. The SMILES string of the molecule is COC(=O)c1ccc2c(C)cn(CC3CCCCC3)c2c1.